The highest BCUT2D eigenvalue weighted by molar-refractivity contribution is 5.38. The molecule has 0 spiro atoms. The lowest BCUT2D eigenvalue weighted by molar-refractivity contribution is 0.191. The SMILES string of the molecule is CC(C)(C)C1(C)C=CC(O)C(CC2=CC(C)(C(C)(C)C)C=CC2O)=C1. The zero-order chi connectivity index (χ0) is 19.3. The maximum Gasteiger partial charge on any atom is 0.0935 e. The third-order valence-electron chi connectivity index (χ3n) is 6.62. The highest BCUT2D eigenvalue weighted by atomic mass is 16.3. The summed E-state index contributed by atoms with van der Waals surface area (Å²) in [5, 5.41) is 21.0. The monoisotopic (exact) mass is 344 g/mol. The highest BCUT2D eigenvalue weighted by Gasteiger charge is 2.39. The Hall–Kier alpha value is -1.12. The Bertz CT molecular complexity index is 580. The molecule has 2 nitrogen and oxygen atoms in total. The van der Waals surface area contributed by atoms with Gasteiger partial charge in [0, 0.05) is 10.8 Å². The van der Waals surface area contributed by atoms with Crippen LogP contribution in [0, 0.1) is 21.7 Å². The van der Waals surface area contributed by atoms with Crippen LogP contribution in [0.4, 0.5) is 0 Å². The van der Waals surface area contributed by atoms with Crippen molar-refractivity contribution >= 4 is 0 Å². The summed E-state index contributed by atoms with van der Waals surface area (Å²) in [6.45, 7) is 17.7. The van der Waals surface area contributed by atoms with Crippen molar-refractivity contribution in [3.05, 3.63) is 47.6 Å². The standard InChI is InChI=1S/C23H36O2/c1-20(2,3)22(7)11-9-18(24)16(14-22)13-17-15-23(8,21(4,5)6)12-10-19(17)25/h9-12,14-15,18-19,24-25H,13H2,1-8H3. The van der Waals surface area contributed by atoms with Crippen molar-refractivity contribution in [1.29, 1.82) is 0 Å². The Labute approximate surface area is 154 Å². The van der Waals surface area contributed by atoms with Crippen molar-refractivity contribution in [2.24, 2.45) is 21.7 Å². The first-order valence-electron chi connectivity index (χ1n) is 9.37. The van der Waals surface area contributed by atoms with Gasteiger partial charge in [0.25, 0.3) is 0 Å². The van der Waals surface area contributed by atoms with E-state index in [0.717, 1.165) is 11.1 Å². The van der Waals surface area contributed by atoms with E-state index < -0.39 is 12.2 Å². The molecule has 0 amide bonds. The van der Waals surface area contributed by atoms with Gasteiger partial charge in [-0.2, -0.15) is 0 Å². The molecule has 0 aromatic carbocycles. The van der Waals surface area contributed by atoms with E-state index >= 15 is 0 Å². The average Bonchev–Trinajstić information content (AvgIpc) is 2.44. The summed E-state index contributed by atoms with van der Waals surface area (Å²) in [4.78, 5) is 0. The third-order valence-corrected chi connectivity index (χ3v) is 6.62. The van der Waals surface area contributed by atoms with Gasteiger partial charge in [0.15, 0.2) is 0 Å². The first-order chi connectivity index (χ1) is 11.2. The average molecular weight is 345 g/mol. The molecule has 2 aliphatic carbocycles. The molecule has 0 aromatic heterocycles. The molecular weight excluding hydrogens is 308 g/mol. The Balaban J connectivity index is 2.37. The molecule has 4 atom stereocenters. The van der Waals surface area contributed by atoms with E-state index in [1.54, 1.807) is 0 Å². The summed E-state index contributed by atoms with van der Waals surface area (Å²) in [6.07, 6.45) is 11.9. The van der Waals surface area contributed by atoms with E-state index in [1.165, 1.54) is 0 Å². The van der Waals surface area contributed by atoms with Gasteiger partial charge in [-0.15, -0.1) is 0 Å². The van der Waals surface area contributed by atoms with Crippen molar-refractivity contribution in [3.8, 4) is 0 Å². The molecule has 2 N–H and O–H groups in total. The number of allylic oxidation sites excluding steroid dienone is 4. The van der Waals surface area contributed by atoms with Crippen LogP contribution < -0.4 is 0 Å². The maximum absolute atomic E-state index is 10.5. The summed E-state index contributed by atoms with van der Waals surface area (Å²) >= 11 is 0. The van der Waals surface area contributed by atoms with Crippen LogP contribution in [0.15, 0.2) is 47.6 Å². The lowest BCUT2D eigenvalue weighted by Gasteiger charge is -2.42. The topological polar surface area (TPSA) is 40.5 Å². The lowest BCUT2D eigenvalue weighted by atomic mass is 9.63. The molecular formula is C23H36O2. The van der Waals surface area contributed by atoms with Crippen LogP contribution in [0.25, 0.3) is 0 Å². The second kappa shape index (κ2) is 6.25. The first-order valence-corrected chi connectivity index (χ1v) is 9.37. The van der Waals surface area contributed by atoms with Gasteiger partial charge in [0.1, 0.15) is 0 Å². The van der Waals surface area contributed by atoms with Crippen molar-refractivity contribution in [3.63, 3.8) is 0 Å². The molecule has 0 saturated heterocycles. The highest BCUT2D eigenvalue weighted by Crippen LogP contribution is 2.47. The molecule has 0 heterocycles. The minimum Gasteiger partial charge on any atom is -0.385 e. The normalized spacial score (nSPS) is 36.2. The molecule has 2 aliphatic rings. The van der Waals surface area contributed by atoms with Gasteiger partial charge in [0.2, 0.25) is 0 Å². The van der Waals surface area contributed by atoms with Crippen LogP contribution in [-0.2, 0) is 0 Å². The van der Waals surface area contributed by atoms with E-state index in [2.05, 4.69) is 79.7 Å². The van der Waals surface area contributed by atoms with Crippen LogP contribution in [0.1, 0.15) is 61.8 Å². The van der Waals surface area contributed by atoms with Gasteiger partial charge in [-0.3, -0.25) is 0 Å². The molecule has 0 aliphatic heterocycles. The van der Waals surface area contributed by atoms with Crippen molar-refractivity contribution in [2.75, 3.05) is 0 Å². The number of hydrogen-bond acceptors (Lipinski definition) is 2. The predicted octanol–water partition coefficient (Wildman–Crippen LogP) is 5.20. The smallest absolute Gasteiger partial charge is 0.0935 e. The first kappa shape index (κ1) is 20.2. The molecule has 0 bridgehead atoms. The largest absolute Gasteiger partial charge is 0.385 e. The second-order valence-electron chi connectivity index (χ2n) is 10.3. The fourth-order valence-electron chi connectivity index (χ4n) is 3.35. The third kappa shape index (κ3) is 3.85. The van der Waals surface area contributed by atoms with E-state index in [0.29, 0.717) is 6.42 Å². The molecule has 140 valence electrons. The fraction of sp³-hybridized carbons (Fsp3) is 0.652. The number of aliphatic hydroxyl groups is 2. The molecule has 0 radical (unpaired) electrons. The summed E-state index contributed by atoms with van der Waals surface area (Å²) in [7, 11) is 0. The molecule has 2 heteroatoms. The van der Waals surface area contributed by atoms with Crippen molar-refractivity contribution < 1.29 is 10.2 Å². The Morgan fingerprint density at radius 2 is 1.08 bits per heavy atom. The quantitative estimate of drug-likeness (QED) is 0.676. The number of rotatable bonds is 2. The maximum atomic E-state index is 10.5. The van der Waals surface area contributed by atoms with Gasteiger partial charge < -0.3 is 10.2 Å². The molecule has 4 unspecified atom stereocenters. The minimum absolute atomic E-state index is 0.0638. The molecule has 25 heavy (non-hydrogen) atoms. The molecule has 0 fully saturated rings. The summed E-state index contributed by atoms with van der Waals surface area (Å²) < 4.78 is 0. The van der Waals surface area contributed by atoms with Crippen LogP contribution in [0.5, 0.6) is 0 Å². The van der Waals surface area contributed by atoms with E-state index in [-0.39, 0.29) is 21.7 Å². The summed E-state index contributed by atoms with van der Waals surface area (Å²) in [5.74, 6) is 0. The Kier molecular flexibility index (Phi) is 5.04. The predicted molar refractivity (Wildman–Crippen MR) is 106 cm³/mol. The van der Waals surface area contributed by atoms with Gasteiger partial charge >= 0.3 is 0 Å². The fourth-order valence-corrected chi connectivity index (χ4v) is 3.35. The van der Waals surface area contributed by atoms with Crippen LogP contribution in [0.2, 0.25) is 0 Å². The summed E-state index contributed by atoms with van der Waals surface area (Å²) in [5.41, 5.74) is 1.88. The minimum atomic E-state index is -0.574. The van der Waals surface area contributed by atoms with Crippen LogP contribution >= 0.6 is 0 Å². The van der Waals surface area contributed by atoms with E-state index in [1.807, 2.05) is 12.2 Å². The van der Waals surface area contributed by atoms with Crippen molar-refractivity contribution in [1.82, 2.24) is 0 Å². The Morgan fingerprint density at radius 1 is 0.760 bits per heavy atom. The Morgan fingerprint density at radius 3 is 1.36 bits per heavy atom. The molecule has 0 aromatic rings. The second-order valence-corrected chi connectivity index (χ2v) is 10.3. The van der Waals surface area contributed by atoms with E-state index in [4.69, 9.17) is 0 Å². The molecule has 2 rings (SSSR count). The zero-order valence-electron chi connectivity index (χ0n) is 17.2. The summed E-state index contributed by atoms with van der Waals surface area (Å²) in [6, 6.07) is 0. The van der Waals surface area contributed by atoms with Gasteiger partial charge in [0.05, 0.1) is 12.2 Å². The number of hydrogen-bond donors (Lipinski definition) is 2. The number of aliphatic hydroxyl groups excluding tert-OH is 2. The molecule has 0 saturated carbocycles. The van der Waals surface area contributed by atoms with Gasteiger partial charge in [-0.1, -0.05) is 91.8 Å². The zero-order valence-corrected chi connectivity index (χ0v) is 17.2. The van der Waals surface area contributed by atoms with Crippen molar-refractivity contribution in [2.45, 2.75) is 74.0 Å². The van der Waals surface area contributed by atoms with Gasteiger partial charge in [-0.25, -0.2) is 0 Å². The van der Waals surface area contributed by atoms with E-state index in [9.17, 15) is 10.2 Å². The van der Waals surface area contributed by atoms with Gasteiger partial charge in [-0.05, 0) is 28.4 Å². The van der Waals surface area contributed by atoms with Crippen LogP contribution in [-0.4, -0.2) is 22.4 Å². The van der Waals surface area contributed by atoms with Crippen LogP contribution in [0.3, 0.4) is 0 Å². The lowest BCUT2D eigenvalue weighted by Crippen LogP contribution is -2.34.